The third-order valence-corrected chi connectivity index (χ3v) is 3.27. The van der Waals surface area contributed by atoms with Crippen LogP contribution in [0.4, 0.5) is 0 Å². The van der Waals surface area contributed by atoms with Crippen LogP contribution < -0.4 is 11.2 Å². The third-order valence-electron chi connectivity index (χ3n) is 3.27. The summed E-state index contributed by atoms with van der Waals surface area (Å²) in [7, 11) is 1.29. The van der Waals surface area contributed by atoms with Crippen LogP contribution in [0.3, 0.4) is 0 Å². The first-order chi connectivity index (χ1) is 8.91. The monoisotopic (exact) mass is 272 g/mol. The normalized spacial score (nSPS) is 30.7. The number of aromatic nitrogens is 2. The molecular weight excluding hydrogens is 256 g/mol. The van der Waals surface area contributed by atoms with Gasteiger partial charge in [-0.2, -0.15) is 0 Å². The molecule has 0 amide bonds. The average molecular weight is 272 g/mol. The second-order valence-corrected chi connectivity index (χ2v) is 4.49. The van der Waals surface area contributed by atoms with Gasteiger partial charge in [0.1, 0.15) is 12.3 Å². The van der Waals surface area contributed by atoms with Gasteiger partial charge in [0, 0.05) is 25.3 Å². The van der Waals surface area contributed by atoms with Gasteiger partial charge < -0.3 is 19.7 Å². The molecule has 2 rings (SSSR count). The third kappa shape index (κ3) is 2.35. The Morgan fingerprint density at radius 2 is 2.32 bits per heavy atom. The summed E-state index contributed by atoms with van der Waals surface area (Å²) in [4.78, 5) is 25.2. The van der Waals surface area contributed by atoms with Gasteiger partial charge in [0.05, 0.1) is 6.61 Å². The van der Waals surface area contributed by atoms with Crippen LogP contribution in [0.5, 0.6) is 0 Å². The molecule has 3 atom stereocenters. The van der Waals surface area contributed by atoms with E-state index in [4.69, 9.17) is 14.6 Å². The van der Waals surface area contributed by atoms with Crippen molar-refractivity contribution >= 4 is 0 Å². The van der Waals surface area contributed by atoms with Crippen molar-refractivity contribution in [1.82, 2.24) is 9.55 Å². The van der Waals surface area contributed by atoms with Gasteiger partial charge in [-0.25, -0.2) is 4.79 Å². The van der Waals surface area contributed by atoms with E-state index in [2.05, 4.69) is 4.98 Å². The highest BCUT2D eigenvalue weighted by Crippen LogP contribution is 2.36. The van der Waals surface area contributed by atoms with E-state index in [9.17, 15) is 14.7 Å². The number of ether oxygens (including phenoxy) is 2. The van der Waals surface area contributed by atoms with Crippen LogP contribution in [0.25, 0.3) is 0 Å². The number of nitrogens with zero attached hydrogens (tertiary/aromatic N) is 1. The maximum absolute atomic E-state index is 11.7. The van der Waals surface area contributed by atoms with E-state index in [1.165, 1.54) is 13.3 Å². The van der Waals surface area contributed by atoms with Crippen molar-refractivity contribution in [2.45, 2.75) is 31.5 Å². The Morgan fingerprint density at radius 1 is 1.63 bits per heavy atom. The van der Waals surface area contributed by atoms with Crippen LogP contribution in [-0.4, -0.2) is 45.4 Å². The predicted molar refractivity (Wildman–Crippen MR) is 63.6 cm³/mol. The zero-order chi connectivity index (χ0) is 14.2. The van der Waals surface area contributed by atoms with Crippen molar-refractivity contribution in [3.63, 3.8) is 0 Å². The van der Waals surface area contributed by atoms with Gasteiger partial charge >= 0.3 is 5.69 Å². The van der Waals surface area contributed by atoms with E-state index in [1.54, 1.807) is 6.92 Å². The minimum atomic E-state index is -1.66. The number of nitrogens with one attached hydrogen (secondary N) is 1. The van der Waals surface area contributed by atoms with Crippen molar-refractivity contribution in [2.24, 2.45) is 0 Å². The summed E-state index contributed by atoms with van der Waals surface area (Å²) in [5, 5.41) is 19.3. The topological polar surface area (TPSA) is 114 Å². The lowest BCUT2D eigenvalue weighted by molar-refractivity contribution is -0.221. The quantitative estimate of drug-likeness (QED) is 0.575. The number of methoxy groups -OCH3 is 1. The number of hydrogen-bond acceptors (Lipinski definition) is 6. The van der Waals surface area contributed by atoms with E-state index >= 15 is 0 Å². The fourth-order valence-electron chi connectivity index (χ4n) is 2.09. The number of rotatable bonds is 3. The fraction of sp³-hybridized carbons (Fsp3) is 0.636. The summed E-state index contributed by atoms with van der Waals surface area (Å²) in [5.74, 6) is -1.66. The van der Waals surface area contributed by atoms with Crippen LogP contribution in [-0.2, 0) is 9.47 Å². The standard InChI is InChI=1S/C11H16N2O6/c1-6-4-13(10(16)12-9(6)15)8-3-11(17,18-2)7(5-14)19-8/h4,7-8,14,17H,3,5H2,1-2H3,(H,12,15,16)/t7-,8-,11-/m1/s1. The SMILES string of the molecule is CO[C@]1(O)C[C@H](n2cc(C)c(=O)[nH]c2=O)O[C@@H]1CO. The molecule has 1 aliphatic heterocycles. The highest BCUT2D eigenvalue weighted by molar-refractivity contribution is 5.02. The Hall–Kier alpha value is -1.48. The van der Waals surface area contributed by atoms with Crippen LogP contribution in [0.2, 0.25) is 0 Å². The highest BCUT2D eigenvalue weighted by Gasteiger charge is 2.48. The molecule has 1 saturated heterocycles. The molecule has 0 aliphatic carbocycles. The second-order valence-electron chi connectivity index (χ2n) is 4.49. The maximum Gasteiger partial charge on any atom is 0.330 e. The van der Waals surface area contributed by atoms with E-state index in [0.717, 1.165) is 4.57 Å². The van der Waals surface area contributed by atoms with Gasteiger partial charge in [-0.15, -0.1) is 0 Å². The van der Waals surface area contributed by atoms with Gasteiger partial charge in [-0.1, -0.05) is 0 Å². The van der Waals surface area contributed by atoms with E-state index in [0.29, 0.717) is 5.56 Å². The molecule has 0 unspecified atom stereocenters. The lowest BCUT2D eigenvalue weighted by Gasteiger charge is -2.24. The van der Waals surface area contributed by atoms with Crippen molar-refractivity contribution in [3.05, 3.63) is 32.6 Å². The number of aromatic amines is 1. The molecule has 19 heavy (non-hydrogen) atoms. The zero-order valence-electron chi connectivity index (χ0n) is 10.6. The molecule has 8 heteroatoms. The van der Waals surface area contributed by atoms with E-state index in [1.807, 2.05) is 0 Å². The number of aliphatic hydroxyl groups excluding tert-OH is 1. The molecule has 8 nitrogen and oxygen atoms in total. The molecule has 0 aromatic carbocycles. The molecule has 0 spiro atoms. The number of H-pyrrole nitrogens is 1. The minimum Gasteiger partial charge on any atom is -0.393 e. The zero-order valence-corrected chi connectivity index (χ0v) is 10.6. The summed E-state index contributed by atoms with van der Waals surface area (Å²) >= 11 is 0. The van der Waals surface area contributed by atoms with Crippen molar-refractivity contribution in [1.29, 1.82) is 0 Å². The molecular formula is C11H16N2O6. The van der Waals surface area contributed by atoms with Gasteiger partial charge in [0.25, 0.3) is 5.56 Å². The average Bonchev–Trinajstić information content (AvgIpc) is 2.71. The first-order valence-corrected chi connectivity index (χ1v) is 5.77. The molecule has 1 aliphatic rings. The van der Waals surface area contributed by atoms with Crippen molar-refractivity contribution in [2.75, 3.05) is 13.7 Å². The summed E-state index contributed by atoms with van der Waals surface area (Å²) in [6.45, 7) is 1.10. The summed E-state index contributed by atoms with van der Waals surface area (Å²) in [5.41, 5.74) is -0.769. The van der Waals surface area contributed by atoms with Gasteiger partial charge in [-0.3, -0.25) is 14.3 Å². The Labute approximate surface area is 108 Å². The lowest BCUT2D eigenvalue weighted by atomic mass is 10.1. The van der Waals surface area contributed by atoms with E-state index < -0.39 is 36.0 Å². The molecule has 0 bridgehead atoms. The summed E-state index contributed by atoms with van der Waals surface area (Å²) < 4.78 is 11.5. The van der Waals surface area contributed by atoms with E-state index in [-0.39, 0.29) is 6.42 Å². The van der Waals surface area contributed by atoms with Crippen LogP contribution in [0.1, 0.15) is 18.2 Å². The molecule has 0 saturated carbocycles. The van der Waals surface area contributed by atoms with Gasteiger partial charge in [0.15, 0.2) is 5.79 Å². The number of aryl methyl sites for hydroxylation is 1. The first-order valence-electron chi connectivity index (χ1n) is 5.77. The molecule has 106 valence electrons. The highest BCUT2D eigenvalue weighted by atomic mass is 16.7. The van der Waals surface area contributed by atoms with Crippen LogP contribution in [0, 0.1) is 6.92 Å². The first kappa shape index (κ1) is 13.9. The Kier molecular flexibility index (Phi) is 3.59. The van der Waals surface area contributed by atoms with Crippen LogP contribution >= 0.6 is 0 Å². The minimum absolute atomic E-state index is 0.0277. The largest absolute Gasteiger partial charge is 0.393 e. The Balaban J connectivity index is 2.38. The Bertz CT molecular complexity index is 579. The summed E-state index contributed by atoms with van der Waals surface area (Å²) in [6.07, 6.45) is -0.450. The molecule has 1 aromatic heterocycles. The van der Waals surface area contributed by atoms with Crippen molar-refractivity contribution in [3.8, 4) is 0 Å². The maximum atomic E-state index is 11.7. The smallest absolute Gasteiger partial charge is 0.330 e. The van der Waals surface area contributed by atoms with Gasteiger partial charge in [0.2, 0.25) is 0 Å². The lowest BCUT2D eigenvalue weighted by Crippen LogP contribution is -2.42. The molecule has 0 radical (unpaired) electrons. The van der Waals surface area contributed by atoms with Crippen LogP contribution in [0.15, 0.2) is 15.8 Å². The molecule has 1 aromatic rings. The second kappa shape index (κ2) is 4.89. The number of aliphatic hydroxyl groups is 2. The number of hydrogen-bond donors (Lipinski definition) is 3. The van der Waals surface area contributed by atoms with Crippen molar-refractivity contribution < 1.29 is 19.7 Å². The predicted octanol–water partition coefficient (Wildman–Crippen LogP) is -1.54. The molecule has 2 heterocycles. The Morgan fingerprint density at radius 3 is 2.84 bits per heavy atom. The molecule has 3 N–H and O–H groups in total. The summed E-state index contributed by atoms with van der Waals surface area (Å²) in [6, 6.07) is 0. The molecule has 1 fully saturated rings. The van der Waals surface area contributed by atoms with Gasteiger partial charge in [-0.05, 0) is 6.92 Å². The fourth-order valence-corrected chi connectivity index (χ4v) is 2.09.